The zero-order valence-electron chi connectivity index (χ0n) is 10.4. The highest BCUT2D eigenvalue weighted by Gasteiger charge is 2.27. The number of hydrogen-bond acceptors (Lipinski definition) is 3. The summed E-state index contributed by atoms with van der Waals surface area (Å²) < 4.78 is 0. The number of rotatable bonds is 3. The van der Waals surface area contributed by atoms with Crippen LogP contribution in [-0.2, 0) is 11.2 Å². The Morgan fingerprint density at radius 2 is 2.06 bits per heavy atom. The second-order valence-electron chi connectivity index (χ2n) is 5.30. The lowest BCUT2D eigenvalue weighted by Gasteiger charge is -2.21. The van der Waals surface area contributed by atoms with Gasteiger partial charge in [0.15, 0.2) is 5.78 Å². The molecule has 1 heterocycles. The molecule has 2 N–H and O–H groups in total. The van der Waals surface area contributed by atoms with Crippen LogP contribution in [0.4, 0.5) is 0 Å². The zero-order valence-corrected chi connectivity index (χ0v) is 10.4. The van der Waals surface area contributed by atoms with Crippen LogP contribution in [0.3, 0.4) is 0 Å². The summed E-state index contributed by atoms with van der Waals surface area (Å²) in [7, 11) is 0. The van der Waals surface area contributed by atoms with E-state index in [1.54, 1.807) is 12.4 Å². The number of carbonyl (C=O) groups excluding carboxylic acids is 1. The van der Waals surface area contributed by atoms with Crippen molar-refractivity contribution < 1.29 is 4.79 Å². The molecule has 0 aliphatic carbocycles. The second-order valence-corrected chi connectivity index (χ2v) is 5.30. The predicted molar refractivity (Wildman–Crippen MR) is 65.1 cm³/mol. The van der Waals surface area contributed by atoms with Crippen molar-refractivity contribution in [2.45, 2.75) is 40.2 Å². The lowest BCUT2D eigenvalue weighted by atomic mass is 9.85. The average Bonchev–Trinajstić information content (AvgIpc) is 2.15. The van der Waals surface area contributed by atoms with Gasteiger partial charge in [-0.2, -0.15) is 0 Å². The van der Waals surface area contributed by atoms with Gasteiger partial charge in [0.2, 0.25) is 0 Å². The standard InChI is InChI=1S/C13H20N2O/c1-9-5-10(8-15-7-9)6-11(14)12(16)13(2,3)4/h5,7-8,11H,6,14H2,1-4H3. The minimum absolute atomic E-state index is 0.0917. The first-order valence-corrected chi connectivity index (χ1v) is 5.51. The molecule has 0 aromatic carbocycles. The quantitative estimate of drug-likeness (QED) is 0.846. The van der Waals surface area contributed by atoms with E-state index in [1.807, 2.05) is 33.8 Å². The van der Waals surface area contributed by atoms with Crippen LogP contribution in [0.2, 0.25) is 0 Å². The Morgan fingerprint density at radius 1 is 1.44 bits per heavy atom. The van der Waals surface area contributed by atoms with E-state index < -0.39 is 6.04 Å². The summed E-state index contributed by atoms with van der Waals surface area (Å²) in [6.07, 6.45) is 4.12. The van der Waals surface area contributed by atoms with Crippen LogP contribution in [0, 0.1) is 12.3 Å². The molecule has 0 saturated carbocycles. The molecule has 0 aliphatic rings. The number of carbonyl (C=O) groups is 1. The number of nitrogens with two attached hydrogens (primary N) is 1. The van der Waals surface area contributed by atoms with Gasteiger partial charge in [0.05, 0.1) is 6.04 Å². The summed E-state index contributed by atoms with van der Waals surface area (Å²) in [6, 6.07) is 1.58. The summed E-state index contributed by atoms with van der Waals surface area (Å²) in [5.74, 6) is 0.0917. The third kappa shape index (κ3) is 3.42. The first-order valence-electron chi connectivity index (χ1n) is 5.51. The molecule has 0 saturated heterocycles. The van der Waals surface area contributed by atoms with Crippen LogP contribution in [-0.4, -0.2) is 16.8 Å². The Bertz CT molecular complexity index is 380. The fraction of sp³-hybridized carbons (Fsp3) is 0.538. The third-order valence-electron chi connectivity index (χ3n) is 2.46. The van der Waals surface area contributed by atoms with E-state index in [0.717, 1.165) is 11.1 Å². The van der Waals surface area contributed by atoms with Crippen molar-refractivity contribution in [3.63, 3.8) is 0 Å². The molecule has 0 radical (unpaired) electrons. The Labute approximate surface area is 97.1 Å². The van der Waals surface area contributed by atoms with Crippen molar-refractivity contribution in [2.75, 3.05) is 0 Å². The molecule has 1 atom stereocenters. The smallest absolute Gasteiger partial charge is 0.155 e. The first kappa shape index (κ1) is 12.8. The summed E-state index contributed by atoms with van der Waals surface area (Å²) in [5.41, 5.74) is 7.64. The summed E-state index contributed by atoms with van der Waals surface area (Å²) >= 11 is 0. The normalized spacial score (nSPS) is 13.6. The molecule has 88 valence electrons. The molecule has 3 nitrogen and oxygen atoms in total. The molecular weight excluding hydrogens is 200 g/mol. The van der Waals surface area contributed by atoms with E-state index in [-0.39, 0.29) is 11.2 Å². The number of ketones is 1. The van der Waals surface area contributed by atoms with Crippen LogP contribution in [0.15, 0.2) is 18.5 Å². The molecule has 0 spiro atoms. The number of Topliss-reactive ketones (excluding diaryl/α,β-unsaturated/α-hetero) is 1. The highest BCUT2D eigenvalue weighted by atomic mass is 16.1. The van der Waals surface area contributed by atoms with E-state index in [1.165, 1.54) is 0 Å². The van der Waals surface area contributed by atoms with Gasteiger partial charge in [-0.3, -0.25) is 9.78 Å². The Hall–Kier alpha value is -1.22. The maximum atomic E-state index is 11.9. The number of aryl methyl sites for hydroxylation is 1. The summed E-state index contributed by atoms with van der Waals surface area (Å²) in [4.78, 5) is 16.0. The SMILES string of the molecule is Cc1cncc(CC(N)C(=O)C(C)(C)C)c1. The maximum absolute atomic E-state index is 11.9. The molecule has 0 bridgehead atoms. The molecule has 1 unspecified atom stereocenters. The van der Waals surface area contributed by atoms with E-state index >= 15 is 0 Å². The van der Waals surface area contributed by atoms with Crippen molar-refractivity contribution in [1.29, 1.82) is 0 Å². The number of nitrogens with zero attached hydrogens (tertiary/aromatic N) is 1. The third-order valence-corrected chi connectivity index (χ3v) is 2.46. The average molecular weight is 220 g/mol. The minimum Gasteiger partial charge on any atom is -0.321 e. The van der Waals surface area contributed by atoms with Gasteiger partial charge in [-0.1, -0.05) is 26.8 Å². The fourth-order valence-electron chi connectivity index (χ4n) is 1.63. The predicted octanol–water partition coefficient (Wildman–Crippen LogP) is 1.88. The minimum atomic E-state index is -0.441. The first-order chi connectivity index (χ1) is 7.30. The van der Waals surface area contributed by atoms with E-state index in [2.05, 4.69) is 4.98 Å². The van der Waals surface area contributed by atoms with Crippen LogP contribution in [0.5, 0.6) is 0 Å². The second kappa shape index (κ2) is 4.74. The lowest BCUT2D eigenvalue weighted by Crippen LogP contribution is -2.40. The number of aromatic nitrogens is 1. The van der Waals surface area contributed by atoms with E-state index in [4.69, 9.17) is 5.73 Å². The Balaban J connectivity index is 2.72. The van der Waals surface area contributed by atoms with Gasteiger partial charge in [0, 0.05) is 17.8 Å². The van der Waals surface area contributed by atoms with Crippen molar-refractivity contribution >= 4 is 5.78 Å². The van der Waals surface area contributed by atoms with Gasteiger partial charge in [-0.15, -0.1) is 0 Å². The van der Waals surface area contributed by atoms with Crippen LogP contribution in [0.25, 0.3) is 0 Å². The Kier molecular flexibility index (Phi) is 3.81. The van der Waals surface area contributed by atoms with Gasteiger partial charge in [-0.05, 0) is 24.5 Å². The van der Waals surface area contributed by atoms with E-state index in [9.17, 15) is 4.79 Å². The molecule has 1 rings (SSSR count). The number of pyridine rings is 1. The van der Waals surface area contributed by atoms with Crippen molar-refractivity contribution in [3.8, 4) is 0 Å². The molecule has 1 aromatic heterocycles. The zero-order chi connectivity index (χ0) is 12.3. The number of hydrogen-bond donors (Lipinski definition) is 1. The van der Waals surface area contributed by atoms with Gasteiger partial charge >= 0.3 is 0 Å². The molecule has 3 heteroatoms. The maximum Gasteiger partial charge on any atom is 0.155 e. The van der Waals surface area contributed by atoms with Gasteiger partial charge < -0.3 is 5.73 Å². The van der Waals surface area contributed by atoms with Crippen molar-refractivity contribution in [2.24, 2.45) is 11.1 Å². The molecule has 1 aromatic rings. The van der Waals surface area contributed by atoms with Crippen LogP contribution in [0.1, 0.15) is 31.9 Å². The topological polar surface area (TPSA) is 56.0 Å². The van der Waals surface area contributed by atoms with E-state index in [0.29, 0.717) is 6.42 Å². The highest BCUT2D eigenvalue weighted by molar-refractivity contribution is 5.88. The molecule has 0 fully saturated rings. The Morgan fingerprint density at radius 3 is 2.56 bits per heavy atom. The lowest BCUT2D eigenvalue weighted by molar-refractivity contribution is -0.127. The van der Waals surface area contributed by atoms with Crippen molar-refractivity contribution in [1.82, 2.24) is 4.98 Å². The van der Waals surface area contributed by atoms with Crippen LogP contribution >= 0.6 is 0 Å². The molecule has 0 amide bonds. The van der Waals surface area contributed by atoms with Crippen molar-refractivity contribution in [3.05, 3.63) is 29.6 Å². The van der Waals surface area contributed by atoms with Gasteiger partial charge in [-0.25, -0.2) is 0 Å². The monoisotopic (exact) mass is 220 g/mol. The molecule has 16 heavy (non-hydrogen) atoms. The van der Waals surface area contributed by atoms with Crippen LogP contribution < -0.4 is 5.73 Å². The summed E-state index contributed by atoms with van der Waals surface area (Å²) in [5, 5.41) is 0. The highest BCUT2D eigenvalue weighted by Crippen LogP contribution is 2.17. The van der Waals surface area contributed by atoms with Gasteiger partial charge in [0.25, 0.3) is 0 Å². The fourth-order valence-corrected chi connectivity index (χ4v) is 1.63. The summed E-state index contributed by atoms with van der Waals surface area (Å²) in [6.45, 7) is 7.66. The molecule has 0 aliphatic heterocycles. The van der Waals surface area contributed by atoms with Gasteiger partial charge in [0.1, 0.15) is 0 Å². The largest absolute Gasteiger partial charge is 0.321 e. The molecular formula is C13H20N2O.